The number of hydrogen-bond acceptors (Lipinski definition) is 7. The van der Waals surface area contributed by atoms with Gasteiger partial charge < -0.3 is 15.0 Å². The molecule has 1 N–H and O–H groups in total. The summed E-state index contributed by atoms with van der Waals surface area (Å²) in [5.74, 6) is 1.49. The van der Waals surface area contributed by atoms with Crippen LogP contribution < -0.4 is 5.32 Å². The highest BCUT2D eigenvalue weighted by Gasteiger charge is 2.23. The van der Waals surface area contributed by atoms with Gasteiger partial charge in [0.1, 0.15) is 5.82 Å². The standard InChI is InChI=1S/C22H30N4O4S/c1-16(2)15-30-22(27)26-10-8-17(9-11-26)12-24-21-14-23-20(13-25-21)18-4-6-19(7-5-18)31(3,28)29/h4-7,13-14,16-17H,8-12,15H2,1-3H3,(H,24,25). The van der Waals surface area contributed by atoms with Crippen LogP contribution in [0.1, 0.15) is 26.7 Å². The summed E-state index contributed by atoms with van der Waals surface area (Å²) in [5, 5.41) is 3.32. The fraction of sp³-hybridized carbons (Fsp3) is 0.500. The first-order valence-corrected chi connectivity index (χ1v) is 12.4. The highest BCUT2D eigenvalue weighted by atomic mass is 32.2. The lowest BCUT2D eigenvalue weighted by Crippen LogP contribution is -2.40. The van der Waals surface area contributed by atoms with Gasteiger partial charge in [0.2, 0.25) is 0 Å². The van der Waals surface area contributed by atoms with E-state index in [4.69, 9.17) is 4.74 Å². The molecule has 0 radical (unpaired) electrons. The third kappa shape index (κ3) is 6.65. The molecule has 168 valence electrons. The first-order chi connectivity index (χ1) is 14.7. The number of carbonyl (C=O) groups excluding carboxylic acids is 1. The minimum atomic E-state index is -3.22. The van der Waals surface area contributed by atoms with Crippen LogP contribution in [-0.2, 0) is 14.6 Å². The van der Waals surface area contributed by atoms with E-state index in [-0.39, 0.29) is 11.0 Å². The summed E-state index contributed by atoms with van der Waals surface area (Å²) in [5.41, 5.74) is 1.49. The van der Waals surface area contributed by atoms with E-state index in [1.54, 1.807) is 41.6 Å². The second-order valence-electron chi connectivity index (χ2n) is 8.37. The second-order valence-corrected chi connectivity index (χ2v) is 10.4. The Morgan fingerprint density at radius 3 is 2.39 bits per heavy atom. The number of nitrogens with zero attached hydrogens (tertiary/aromatic N) is 3. The van der Waals surface area contributed by atoms with Crippen molar-refractivity contribution in [1.29, 1.82) is 0 Å². The monoisotopic (exact) mass is 446 g/mol. The number of carbonyl (C=O) groups is 1. The Morgan fingerprint density at radius 2 is 1.84 bits per heavy atom. The fourth-order valence-corrected chi connectivity index (χ4v) is 3.97. The molecule has 2 heterocycles. The number of anilines is 1. The predicted molar refractivity (Wildman–Crippen MR) is 120 cm³/mol. The summed E-state index contributed by atoms with van der Waals surface area (Å²) >= 11 is 0. The minimum absolute atomic E-state index is 0.217. The number of aromatic nitrogens is 2. The van der Waals surface area contributed by atoms with Crippen LogP contribution in [-0.4, -0.2) is 61.9 Å². The van der Waals surface area contributed by atoms with Crippen molar-refractivity contribution < 1.29 is 17.9 Å². The zero-order chi connectivity index (χ0) is 22.4. The molecule has 1 aromatic carbocycles. The van der Waals surface area contributed by atoms with Crippen molar-refractivity contribution in [2.45, 2.75) is 31.6 Å². The summed E-state index contributed by atoms with van der Waals surface area (Å²) in [7, 11) is -3.22. The smallest absolute Gasteiger partial charge is 0.409 e. The van der Waals surface area contributed by atoms with E-state index in [1.807, 2.05) is 13.8 Å². The molecule has 0 spiro atoms. The Labute approximate surface area is 184 Å². The van der Waals surface area contributed by atoms with Gasteiger partial charge in [-0.25, -0.2) is 18.2 Å². The number of benzene rings is 1. The van der Waals surface area contributed by atoms with E-state index in [2.05, 4.69) is 15.3 Å². The van der Waals surface area contributed by atoms with E-state index in [0.717, 1.165) is 24.9 Å². The molecule has 1 fully saturated rings. The van der Waals surface area contributed by atoms with Gasteiger partial charge in [0, 0.05) is 31.5 Å². The predicted octanol–water partition coefficient (Wildman–Crippen LogP) is 3.46. The van der Waals surface area contributed by atoms with Crippen molar-refractivity contribution in [2.24, 2.45) is 11.8 Å². The number of amides is 1. The second kappa shape index (κ2) is 10.1. The lowest BCUT2D eigenvalue weighted by molar-refractivity contribution is 0.0799. The van der Waals surface area contributed by atoms with Crippen LogP contribution in [0.3, 0.4) is 0 Å². The largest absolute Gasteiger partial charge is 0.449 e. The van der Waals surface area contributed by atoms with Gasteiger partial charge in [0.05, 0.1) is 29.6 Å². The Kier molecular flexibility index (Phi) is 7.48. The van der Waals surface area contributed by atoms with Crippen LogP contribution in [0.2, 0.25) is 0 Å². The van der Waals surface area contributed by atoms with Crippen LogP contribution in [0.15, 0.2) is 41.6 Å². The zero-order valence-electron chi connectivity index (χ0n) is 18.2. The minimum Gasteiger partial charge on any atom is -0.449 e. The average Bonchev–Trinajstić information content (AvgIpc) is 2.76. The Hall–Kier alpha value is -2.68. The van der Waals surface area contributed by atoms with Gasteiger partial charge in [-0.1, -0.05) is 26.0 Å². The molecule has 2 aromatic rings. The van der Waals surface area contributed by atoms with Gasteiger partial charge in [0.25, 0.3) is 0 Å². The van der Waals surface area contributed by atoms with Crippen molar-refractivity contribution in [3.05, 3.63) is 36.7 Å². The van der Waals surface area contributed by atoms with Crippen LogP contribution in [0.25, 0.3) is 11.3 Å². The molecule has 0 atom stereocenters. The quantitative estimate of drug-likeness (QED) is 0.695. The molecular weight excluding hydrogens is 416 g/mol. The van der Waals surface area contributed by atoms with Gasteiger partial charge in [-0.05, 0) is 36.8 Å². The van der Waals surface area contributed by atoms with Gasteiger partial charge >= 0.3 is 6.09 Å². The van der Waals surface area contributed by atoms with Crippen molar-refractivity contribution in [3.8, 4) is 11.3 Å². The fourth-order valence-electron chi connectivity index (χ4n) is 3.34. The summed E-state index contributed by atoms with van der Waals surface area (Å²) in [6.45, 7) is 6.68. The molecule has 0 bridgehead atoms. The number of hydrogen-bond donors (Lipinski definition) is 1. The van der Waals surface area contributed by atoms with E-state index in [9.17, 15) is 13.2 Å². The molecule has 0 unspecified atom stereocenters. The lowest BCUT2D eigenvalue weighted by Gasteiger charge is -2.31. The molecule has 1 amide bonds. The normalized spacial score (nSPS) is 15.2. The summed E-state index contributed by atoms with van der Waals surface area (Å²) < 4.78 is 28.4. The number of rotatable bonds is 7. The maximum absolute atomic E-state index is 12.0. The first-order valence-electron chi connectivity index (χ1n) is 10.5. The molecule has 1 saturated heterocycles. The van der Waals surface area contributed by atoms with Crippen molar-refractivity contribution in [1.82, 2.24) is 14.9 Å². The molecule has 1 aliphatic heterocycles. The first kappa shape index (κ1) is 23.0. The summed E-state index contributed by atoms with van der Waals surface area (Å²) in [6.07, 6.45) is 6.16. The number of sulfone groups is 1. The highest BCUT2D eigenvalue weighted by Crippen LogP contribution is 2.21. The van der Waals surface area contributed by atoms with Crippen molar-refractivity contribution in [2.75, 3.05) is 37.8 Å². The van der Waals surface area contributed by atoms with E-state index < -0.39 is 9.84 Å². The van der Waals surface area contributed by atoms with Crippen molar-refractivity contribution >= 4 is 21.7 Å². The van der Waals surface area contributed by atoms with Gasteiger partial charge in [-0.15, -0.1) is 0 Å². The molecule has 1 aliphatic rings. The number of nitrogens with one attached hydrogen (secondary N) is 1. The third-order valence-electron chi connectivity index (χ3n) is 5.21. The Morgan fingerprint density at radius 1 is 1.16 bits per heavy atom. The van der Waals surface area contributed by atoms with Gasteiger partial charge in [-0.2, -0.15) is 0 Å². The molecule has 0 saturated carbocycles. The molecule has 3 rings (SSSR count). The lowest BCUT2D eigenvalue weighted by atomic mass is 9.97. The zero-order valence-corrected chi connectivity index (χ0v) is 19.1. The van der Waals surface area contributed by atoms with Gasteiger partial charge in [0.15, 0.2) is 9.84 Å². The summed E-state index contributed by atoms with van der Waals surface area (Å²) in [4.78, 5) is 23.0. The molecule has 31 heavy (non-hydrogen) atoms. The number of likely N-dealkylation sites (tertiary alicyclic amines) is 1. The van der Waals surface area contributed by atoms with Crippen LogP contribution in [0.5, 0.6) is 0 Å². The van der Waals surface area contributed by atoms with Crippen LogP contribution >= 0.6 is 0 Å². The molecular formula is C22H30N4O4S. The SMILES string of the molecule is CC(C)COC(=O)N1CCC(CNc2cnc(-c3ccc(S(C)(=O)=O)cc3)cn2)CC1. The maximum Gasteiger partial charge on any atom is 0.409 e. The van der Waals surface area contributed by atoms with E-state index in [1.165, 1.54) is 6.26 Å². The molecule has 9 heteroatoms. The highest BCUT2D eigenvalue weighted by molar-refractivity contribution is 7.90. The Bertz CT molecular complexity index is 968. The topological polar surface area (TPSA) is 101 Å². The summed E-state index contributed by atoms with van der Waals surface area (Å²) in [6, 6.07) is 6.61. The van der Waals surface area contributed by atoms with E-state index in [0.29, 0.717) is 43.0 Å². The van der Waals surface area contributed by atoms with Crippen LogP contribution in [0.4, 0.5) is 10.6 Å². The van der Waals surface area contributed by atoms with Gasteiger partial charge in [-0.3, -0.25) is 4.98 Å². The third-order valence-corrected chi connectivity index (χ3v) is 6.34. The van der Waals surface area contributed by atoms with Crippen LogP contribution in [0, 0.1) is 11.8 Å². The average molecular weight is 447 g/mol. The maximum atomic E-state index is 12.0. The van der Waals surface area contributed by atoms with E-state index >= 15 is 0 Å². The molecule has 1 aromatic heterocycles. The van der Waals surface area contributed by atoms with Crippen molar-refractivity contribution in [3.63, 3.8) is 0 Å². The Balaban J connectivity index is 1.46. The molecule has 8 nitrogen and oxygen atoms in total. The number of ether oxygens (including phenoxy) is 1. The molecule has 0 aliphatic carbocycles. The number of piperidine rings is 1.